The number of hydrogen-bond acceptors (Lipinski definition) is 6. The Balaban J connectivity index is 1.10. The normalized spacial score (nSPS) is 19.0. The molecule has 2 fully saturated rings. The first-order valence-electron chi connectivity index (χ1n) is 24.3. The van der Waals surface area contributed by atoms with Gasteiger partial charge in [0.2, 0.25) is 11.8 Å². The largest absolute Gasteiger partial charge is 0.508 e. The Morgan fingerprint density at radius 3 is 2.03 bits per heavy atom. The average molecular weight is 929 g/mol. The number of ether oxygens (including phenoxy) is 1. The number of fused-ring (bicyclic) bond motifs is 2. The molecule has 2 heterocycles. The van der Waals surface area contributed by atoms with Gasteiger partial charge in [-0.3, -0.25) is 19.3 Å². The van der Waals surface area contributed by atoms with Gasteiger partial charge in [-0.15, -0.1) is 0 Å². The third-order valence-electron chi connectivity index (χ3n) is 12.2. The van der Waals surface area contributed by atoms with E-state index in [9.17, 15) is 24.3 Å². The maximum absolute atomic E-state index is 14.7. The van der Waals surface area contributed by atoms with Crippen LogP contribution in [0.3, 0.4) is 0 Å². The molecule has 2 N–H and O–H groups in total. The lowest BCUT2D eigenvalue weighted by Crippen LogP contribution is -2.77. The first-order chi connectivity index (χ1) is 33.7. The van der Waals surface area contributed by atoms with E-state index in [-0.39, 0.29) is 62.6 Å². The standard InChI is InChI=1S/C59H68N4O6/c1-3-4-5-6-7-8-9-10-11-12-13-14-15-16-17-18-19-20-24-33-52(65)45-69-46-59(2)41-56(66)62-54(40-37-47-35-38-51(64)39-36-47)57(67)61(43-50-32-27-31-49-30-25-26-34-53(49)50)44-55(62)63(59)58(68)60-42-48-28-22-21-23-29-48/h4-5,7-8,10-11,13-14,16-17,19-23,25-32,34-40,54-55,64H,3,6,9,12,15,18,24,33,41-46H2,1-2H3,(H,60,68)/b5-4-,8-7-,11-10-,14-13-,17-16-,20-19-,40-37+/t54?,55?,59-/m0/s1. The van der Waals surface area contributed by atoms with Gasteiger partial charge in [0.1, 0.15) is 24.6 Å². The van der Waals surface area contributed by atoms with E-state index in [4.69, 9.17) is 4.74 Å². The monoisotopic (exact) mass is 929 g/mol. The third kappa shape index (κ3) is 15.5. The zero-order valence-electron chi connectivity index (χ0n) is 40.2. The summed E-state index contributed by atoms with van der Waals surface area (Å²) in [7, 11) is 0. The van der Waals surface area contributed by atoms with E-state index >= 15 is 0 Å². The number of Topliss-reactive ketones (excluding diaryl/α,β-unsaturated/α-hetero) is 1. The van der Waals surface area contributed by atoms with Gasteiger partial charge in [0.05, 0.1) is 25.1 Å². The van der Waals surface area contributed by atoms with E-state index < -0.39 is 23.8 Å². The van der Waals surface area contributed by atoms with Crippen LogP contribution in [0.5, 0.6) is 5.75 Å². The number of amides is 4. The van der Waals surface area contributed by atoms with Crippen LogP contribution in [0.25, 0.3) is 16.8 Å². The molecule has 10 heteroatoms. The van der Waals surface area contributed by atoms with Crippen molar-refractivity contribution in [3.8, 4) is 5.75 Å². The van der Waals surface area contributed by atoms with E-state index in [0.717, 1.165) is 66.0 Å². The molecular formula is C59H68N4O6. The number of hydrogen-bond donors (Lipinski definition) is 2. The fraction of sp³-hybridized carbons (Fsp3) is 0.322. The lowest BCUT2D eigenvalue weighted by molar-refractivity contribution is -0.176. The van der Waals surface area contributed by atoms with Crippen molar-refractivity contribution >= 4 is 40.5 Å². The van der Waals surface area contributed by atoms with Gasteiger partial charge in [-0.2, -0.15) is 0 Å². The van der Waals surface area contributed by atoms with Gasteiger partial charge in [-0.1, -0.05) is 177 Å². The van der Waals surface area contributed by atoms with Crippen LogP contribution < -0.4 is 5.32 Å². The highest BCUT2D eigenvalue weighted by molar-refractivity contribution is 5.94. The molecule has 10 nitrogen and oxygen atoms in total. The minimum Gasteiger partial charge on any atom is -0.508 e. The summed E-state index contributed by atoms with van der Waals surface area (Å²) >= 11 is 0. The van der Waals surface area contributed by atoms with Crippen molar-refractivity contribution in [3.63, 3.8) is 0 Å². The molecule has 3 atom stereocenters. The number of ketones is 1. The van der Waals surface area contributed by atoms with Crippen LogP contribution in [0.2, 0.25) is 0 Å². The third-order valence-corrected chi connectivity index (χ3v) is 12.2. The predicted molar refractivity (Wildman–Crippen MR) is 278 cm³/mol. The Bertz CT molecular complexity index is 2520. The number of carbonyl (C=O) groups excluding carboxylic acids is 4. The molecule has 360 valence electrons. The second-order valence-electron chi connectivity index (χ2n) is 17.7. The highest BCUT2D eigenvalue weighted by Gasteiger charge is 2.55. The van der Waals surface area contributed by atoms with Crippen molar-refractivity contribution in [2.75, 3.05) is 19.8 Å². The molecule has 6 rings (SSSR count). The first-order valence-corrected chi connectivity index (χ1v) is 24.3. The average Bonchev–Trinajstić information content (AvgIpc) is 3.35. The van der Waals surface area contributed by atoms with Crippen LogP contribution in [-0.4, -0.2) is 80.9 Å². The summed E-state index contributed by atoms with van der Waals surface area (Å²) in [6.45, 7) is 4.27. The summed E-state index contributed by atoms with van der Waals surface area (Å²) in [6, 6.07) is 28.7. The molecular weight excluding hydrogens is 861 g/mol. The van der Waals surface area contributed by atoms with Crippen LogP contribution in [0.4, 0.5) is 4.79 Å². The zero-order chi connectivity index (χ0) is 48.7. The number of aromatic hydroxyl groups is 1. The number of nitrogens with zero attached hydrogens (tertiary/aromatic N) is 3. The number of allylic oxidation sites excluding steroid dienone is 12. The smallest absolute Gasteiger partial charge is 0.319 e. The number of phenolic OH excluding ortho intramolecular Hbond substituents is 1. The highest BCUT2D eigenvalue weighted by atomic mass is 16.5. The lowest BCUT2D eigenvalue weighted by atomic mass is 9.88. The van der Waals surface area contributed by atoms with E-state index in [0.29, 0.717) is 12.8 Å². The lowest BCUT2D eigenvalue weighted by Gasteiger charge is -2.57. The minimum atomic E-state index is -1.17. The summed E-state index contributed by atoms with van der Waals surface area (Å²) in [5.41, 5.74) is 1.40. The van der Waals surface area contributed by atoms with Gasteiger partial charge >= 0.3 is 6.03 Å². The summed E-state index contributed by atoms with van der Waals surface area (Å²) in [4.78, 5) is 61.9. The van der Waals surface area contributed by atoms with Crippen LogP contribution in [-0.2, 0) is 32.2 Å². The number of rotatable bonds is 24. The highest BCUT2D eigenvalue weighted by Crippen LogP contribution is 2.37. The summed E-state index contributed by atoms with van der Waals surface area (Å²) in [5, 5.41) is 15.0. The summed E-state index contributed by atoms with van der Waals surface area (Å²) < 4.78 is 6.13. The fourth-order valence-corrected chi connectivity index (χ4v) is 8.70. The van der Waals surface area contributed by atoms with Gasteiger partial charge in [0, 0.05) is 19.5 Å². The predicted octanol–water partition coefficient (Wildman–Crippen LogP) is 11.6. The minimum absolute atomic E-state index is 0.0522. The van der Waals surface area contributed by atoms with Crippen molar-refractivity contribution in [1.82, 2.24) is 20.0 Å². The van der Waals surface area contributed by atoms with Crippen molar-refractivity contribution in [1.29, 1.82) is 0 Å². The maximum atomic E-state index is 14.7. The van der Waals surface area contributed by atoms with Crippen molar-refractivity contribution in [3.05, 3.63) is 193 Å². The molecule has 0 aliphatic carbocycles. The molecule has 2 saturated heterocycles. The summed E-state index contributed by atoms with van der Waals surface area (Å²) in [5.74, 6) is -0.546. The Morgan fingerprint density at radius 2 is 1.36 bits per heavy atom. The molecule has 2 aliphatic heterocycles. The van der Waals surface area contributed by atoms with Gasteiger partial charge in [0.15, 0.2) is 5.78 Å². The second kappa shape index (κ2) is 27.1. The summed E-state index contributed by atoms with van der Waals surface area (Å²) in [6.07, 6.45) is 34.7. The zero-order valence-corrected chi connectivity index (χ0v) is 40.2. The van der Waals surface area contributed by atoms with Gasteiger partial charge in [-0.05, 0) is 91.5 Å². The van der Waals surface area contributed by atoms with Crippen molar-refractivity contribution in [2.45, 2.75) is 102 Å². The first kappa shape index (κ1) is 51.4. The van der Waals surface area contributed by atoms with Gasteiger partial charge in [-0.25, -0.2) is 4.79 Å². The van der Waals surface area contributed by atoms with Crippen LogP contribution >= 0.6 is 0 Å². The number of benzene rings is 4. The topological polar surface area (TPSA) is 119 Å². The van der Waals surface area contributed by atoms with E-state index in [1.54, 1.807) is 46.2 Å². The molecule has 4 aromatic carbocycles. The van der Waals surface area contributed by atoms with Crippen LogP contribution in [0, 0.1) is 0 Å². The van der Waals surface area contributed by atoms with E-state index in [1.165, 1.54) is 4.90 Å². The number of piperazine rings is 1. The molecule has 0 aromatic heterocycles. The maximum Gasteiger partial charge on any atom is 0.319 e. The molecule has 2 aliphatic rings. The Hall–Kier alpha value is -7.04. The Morgan fingerprint density at radius 1 is 0.754 bits per heavy atom. The van der Waals surface area contributed by atoms with Crippen LogP contribution in [0.1, 0.15) is 88.3 Å². The Kier molecular flexibility index (Phi) is 20.2. The Labute approximate surface area is 408 Å². The van der Waals surface area contributed by atoms with Crippen LogP contribution in [0.15, 0.2) is 176 Å². The second-order valence-corrected chi connectivity index (χ2v) is 17.7. The molecule has 69 heavy (non-hydrogen) atoms. The van der Waals surface area contributed by atoms with Crippen molar-refractivity contribution < 1.29 is 29.0 Å². The molecule has 0 bridgehead atoms. The SMILES string of the molecule is CC/C=C\C/C=C\C/C=C\C/C=C\C/C=C\C/C=C\CCC(=O)COC[C@]1(C)CC(=O)N2C(/C=C/c3ccc(O)cc3)C(=O)N(Cc3cccc4ccccc34)CC2N1C(=O)NCc1ccccc1. The quantitative estimate of drug-likeness (QED) is 0.0676. The molecule has 2 unspecified atom stereocenters. The fourth-order valence-electron chi connectivity index (χ4n) is 8.70. The molecule has 4 aromatic rings. The molecule has 0 radical (unpaired) electrons. The number of nitrogens with one attached hydrogen (secondary N) is 1. The molecule has 4 amide bonds. The molecule has 0 spiro atoms. The van der Waals surface area contributed by atoms with E-state index in [2.05, 4.69) is 79.1 Å². The van der Waals surface area contributed by atoms with Gasteiger partial charge < -0.3 is 25.0 Å². The number of phenols is 1. The molecule has 0 saturated carbocycles. The van der Waals surface area contributed by atoms with Crippen molar-refractivity contribution in [2.24, 2.45) is 0 Å². The van der Waals surface area contributed by atoms with E-state index in [1.807, 2.05) is 85.8 Å². The number of urea groups is 1. The number of carbonyl (C=O) groups is 4. The van der Waals surface area contributed by atoms with Gasteiger partial charge in [0.25, 0.3) is 0 Å².